The molecular weight excluding hydrogens is 168 g/mol. The van der Waals surface area contributed by atoms with Gasteiger partial charge in [0.05, 0.1) is 6.61 Å². The molecule has 0 heterocycles. The topological polar surface area (TPSA) is 38.7 Å². The van der Waals surface area contributed by atoms with E-state index in [-0.39, 0.29) is 0 Å². The lowest BCUT2D eigenvalue weighted by Crippen LogP contribution is -2.37. The lowest BCUT2D eigenvalue weighted by atomic mass is 9.94. The third-order valence-corrected chi connectivity index (χ3v) is 2.47. The van der Waals surface area contributed by atoms with Crippen molar-refractivity contribution in [3.63, 3.8) is 0 Å². The van der Waals surface area contributed by atoms with Gasteiger partial charge >= 0.3 is 0 Å². The van der Waals surface area contributed by atoms with Gasteiger partial charge in [-0.1, -0.05) is 12.5 Å². The molecule has 1 aliphatic rings. The number of rotatable bonds is 5. The Hall–Kier alpha value is -0.380. The second-order valence-electron chi connectivity index (χ2n) is 3.49. The van der Waals surface area contributed by atoms with Crippen molar-refractivity contribution < 1.29 is 14.9 Å². The van der Waals surface area contributed by atoms with E-state index >= 15 is 0 Å². The maximum atomic E-state index is 8.79. The van der Waals surface area contributed by atoms with E-state index in [2.05, 4.69) is 11.5 Å². The van der Waals surface area contributed by atoms with E-state index in [1.165, 1.54) is 6.42 Å². The smallest absolute Gasteiger partial charge is 0.201 e. The van der Waals surface area contributed by atoms with Crippen LogP contribution in [0, 0.1) is 0 Å². The van der Waals surface area contributed by atoms with Gasteiger partial charge in [0.2, 0.25) is 5.79 Å². The summed E-state index contributed by atoms with van der Waals surface area (Å²) < 4.78 is 5.52. The first-order valence-corrected chi connectivity index (χ1v) is 4.90. The van der Waals surface area contributed by atoms with Crippen LogP contribution in [-0.2, 0) is 9.62 Å². The van der Waals surface area contributed by atoms with Crippen molar-refractivity contribution >= 4 is 0 Å². The first-order valence-electron chi connectivity index (χ1n) is 4.90. The van der Waals surface area contributed by atoms with Gasteiger partial charge < -0.3 is 4.74 Å². The Bertz CT molecular complexity index is 150. The van der Waals surface area contributed by atoms with E-state index in [0.717, 1.165) is 32.1 Å². The summed E-state index contributed by atoms with van der Waals surface area (Å²) in [7, 11) is 0. The van der Waals surface area contributed by atoms with Crippen LogP contribution in [0.15, 0.2) is 12.7 Å². The Morgan fingerprint density at radius 3 is 2.54 bits per heavy atom. The summed E-state index contributed by atoms with van der Waals surface area (Å²) in [5.74, 6) is -0.721. The van der Waals surface area contributed by atoms with Gasteiger partial charge in [0.15, 0.2) is 0 Å². The average Bonchev–Trinajstić information content (AvgIpc) is 2.20. The highest BCUT2D eigenvalue weighted by Crippen LogP contribution is 2.32. The summed E-state index contributed by atoms with van der Waals surface area (Å²) in [5, 5.41) is 8.79. The molecular formula is C10H18O3. The summed E-state index contributed by atoms with van der Waals surface area (Å²) in [6.45, 7) is 4.18. The first kappa shape index (κ1) is 10.7. The third kappa shape index (κ3) is 3.10. The average molecular weight is 186 g/mol. The zero-order valence-electron chi connectivity index (χ0n) is 8.00. The van der Waals surface area contributed by atoms with Crippen LogP contribution in [0.4, 0.5) is 0 Å². The van der Waals surface area contributed by atoms with Gasteiger partial charge in [0.25, 0.3) is 0 Å². The minimum Gasteiger partial charge on any atom is -0.347 e. The standard InChI is InChI=1S/C10H18O3/c1-2-3-9-12-10(13-11)7-5-4-6-8-10/h2,11H,1,3-9H2. The van der Waals surface area contributed by atoms with Crippen LogP contribution < -0.4 is 0 Å². The van der Waals surface area contributed by atoms with E-state index in [1.807, 2.05) is 0 Å². The minimum absolute atomic E-state index is 0.573. The van der Waals surface area contributed by atoms with Crippen LogP contribution in [0.25, 0.3) is 0 Å². The molecule has 0 saturated heterocycles. The van der Waals surface area contributed by atoms with Gasteiger partial charge in [-0.3, -0.25) is 0 Å². The van der Waals surface area contributed by atoms with E-state index in [0.29, 0.717) is 6.61 Å². The summed E-state index contributed by atoms with van der Waals surface area (Å²) in [4.78, 5) is 4.47. The van der Waals surface area contributed by atoms with Crippen molar-refractivity contribution in [2.75, 3.05) is 6.61 Å². The second kappa shape index (κ2) is 5.37. The van der Waals surface area contributed by atoms with Gasteiger partial charge in [-0.2, -0.15) is 0 Å². The zero-order chi connectivity index (χ0) is 9.57. The summed E-state index contributed by atoms with van der Waals surface area (Å²) in [5.41, 5.74) is 0. The molecule has 0 aliphatic heterocycles. The molecule has 13 heavy (non-hydrogen) atoms. The van der Waals surface area contributed by atoms with Gasteiger partial charge in [-0.05, 0) is 19.3 Å². The molecule has 0 aromatic rings. The van der Waals surface area contributed by atoms with Crippen molar-refractivity contribution in [1.82, 2.24) is 0 Å². The van der Waals surface area contributed by atoms with Crippen LogP contribution in [0.1, 0.15) is 38.5 Å². The molecule has 0 unspecified atom stereocenters. The Labute approximate surface area is 79.3 Å². The molecule has 0 bridgehead atoms. The van der Waals surface area contributed by atoms with Gasteiger partial charge in [0.1, 0.15) is 0 Å². The Morgan fingerprint density at radius 1 is 1.31 bits per heavy atom. The summed E-state index contributed by atoms with van der Waals surface area (Å²) in [6, 6.07) is 0. The molecule has 3 nitrogen and oxygen atoms in total. The van der Waals surface area contributed by atoms with Crippen LogP contribution in [0.3, 0.4) is 0 Å². The Balaban J connectivity index is 2.33. The van der Waals surface area contributed by atoms with E-state index in [4.69, 9.17) is 9.99 Å². The van der Waals surface area contributed by atoms with Crippen LogP contribution in [0.5, 0.6) is 0 Å². The lowest BCUT2D eigenvalue weighted by molar-refractivity contribution is -0.411. The van der Waals surface area contributed by atoms with E-state index < -0.39 is 5.79 Å². The highest BCUT2D eigenvalue weighted by molar-refractivity contribution is 4.75. The Morgan fingerprint density at radius 2 is 2.00 bits per heavy atom. The SMILES string of the molecule is C=CCCOC1(OO)CCCCC1. The minimum atomic E-state index is -0.721. The quantitative estimate of drug-likeness (QED) is 0.236. The largest absolute Gasteiger partial charge is 0.347 e. The highest BCUT2D eigenvalue weighted by Gasteiger charge is 2.34. The molecule has 0 radical (unpaired) electrons. The number of ether oxygens (including phenoxy) is 1. The maximum Gasteiger partial charge on any atom is 0.201 e. The Kier molecular flexibility index (Phi) is 4.42. The fourth-order valence-electron chi connectivity index (χ4n) is 1.68. The second-order valence-corrected chi connectivity index (χ2v) is 3.49. The van der Waals surface area contributed by atoms with Gasteiger partial charge in [-0.25, -0.2) is 10.1 Å². The number of hydrogen-bond acceptors (Lipinski definition) is 3. The van der Waals surface area contributed by atoms with Crippen molar-refractivity contribution in [2.24, 2.45) is 0 Å². The molecule has 0 amide bonds. The summed E-state index contributed by atoms with van der Waals surface area (Å²) >= 11 is 0. The third-order valence-electron chi connectivity index (χ3n) is 2.47. The molecule has 3 heteroatoms. The molecule has 1 rings (SSSR count). The zero-order valence-corrected chi connectivity index (χ0v) is 8.00. The summed E-state index contributed by atoms with van der Waals surface area (Å²) in [6.07, 6.45) is 7.51. The van der Waals surface area contributed by atoms with Gasteiger partial charge in [0, 0.05) is 12.8 Å². The van der Waals surface area contributed by atoms with Crippen molar-refractivity contribution in [3.05, 3.63) is 12.7 Å². The first-order chi connectivity index (χ1) is 6.33. The lowest BCUT2D eigenvalue weighted by Gasteiger charge is -2.33. The van der Waals surface area contributed by atoms with E-state index in [9.17, 15) is 0 Å². The predicted octanol–water partition coefficient (Wildman–Crippen LogP) is 2.73. The maximum absolute atomic E-state index is 8.79. The highest BCUT2D eigenvalue weighted by atomic mass is 17.1. The van der Waals surface area contributed by atoms with Crippen molar-refractivity contribution in [3.8, 4) is 0 Å². The van der Waals surface area contributed by atoms with Gasteiger partial charge in [-0.15, -0.1) is 6.58 Å². The molecule has 0 aromatic heterocycles. The molecule has 76 valence electrons. The van der Waals surface area contributed by atoms with Crippen molar-refractivity contribution in [1.29, 1.82) is 0 Å². The van der Waals surface area contributed by atoms with Crippen LogP contribution in [-0.4, -0.2) is 17.7 Å². The molecule has 1 N–H and O–H groups in total. The molecule has 1 saturated carbocycles. The predicted molar refractivity (Wildman–Crippen MR) is 50.3 cm³/mol. The fraction of sp³-hybridized carbons (Fsp3) is 0.800. The normalized spacial score (nSPS) is 21.3. The molecule has 0 atom stereocenters. The molecule has 1 aliphatic carbocycles. The van der Waals surface area contributed by atoms with E-state index in [1.54, 1.807) is 6.08 Å². The monoisotopic (exact) mass is 186 g/mol. The number of hydrogen-bond donors (Lipinski definition) is 1. The molecule has 1 fully saturated rings. The van der Waals surface area contributed by atoms with Crippen LogP contribution >= 0.6 is 0 Å². The molecule has 0 aromatic carbocycles. The van der Waals surface area contributed by atoms with Crippen molar-refractivity contribution in [2.45, 2.75) is 44.3 Å². The van der Waals surface area contributed by atoms with Crippen LogP contribution in [0.2, 0.25) is 0 Å². The molecule has 0 spiro atoms. The fourth-order valence-corrected chi connectivity index (χ4v) is 1.68.